The normalized spacial score (nSPS) is 10.4. The summed E-state index contributed by atoms with van der Waals surface area (Å²) in [6, 6.07) is 1.20. The van der Waals surface area contributed by atoms with Gasteiger partial charge in [0.1, 0.15) is 0 Å². The summed E-state index contributed by atoms with van der Waals surface area (Å²) in [5, 5.41) is 3.59. The Labute approximate surface area is 69.9 Å². The van der Waals surface area contributed by atoms with Crippen molar-refractivity contribution in [2.24, 2.45) is 17.9 Å². The molecule has 1 aromatic rings. The van der Waals surface area contributed by atoms with Gasteiger partial charge in [-0.05, 0) is 6.07 Å². The van der Waals surface area contributed by atoms with Crippen molar-refractivity contribution in [1.29, 1.82) is 0 Å². The molecule has 1 heterocycles. The van der Waals surface area contributed by atoms with Crippen LogP contribution < -0.4 is 11.2 Å². The van der Waals surface area contributed by atoms with Crippen molar-refractivity contribution in [1.82, 2.24) is 9.99 Å². The summed E-state index contributed by atoms with van der Waals surface area (Å²) in [4.78, 5) is 10.2. The van der Waals surface area contributed by atoms with Crippen LogP contribution in [0.15, 0.2) is 23.6 Å². The van der Waals surface area contributed by atoms with E-state index in [2.05, 4.69) is 10.5 Å². The minimum atomic E-state index is -0.665. The molecule has 0 saturated heterocycles. The summed E-state index contributed by atoms with van der Waals surface area (Å²) in [6.45, 7) is 0. The van der Waals surface area contributed by atoms with Gasteiger partial charge in [0.2, 0.25) is 0 Å². The minimum absolute atomic E-state index is 0.665. The van der Waals surface area contributed by atoms with Crippen molar-refractivity contribution in [3.8, 4) is 0 Å². The first-order chi connectivity index (χ1) is 5.68. The monoisotopic (exact) mass is 166 g/mol. The van der Waals surface area contributed by atoms with Crippen LogP contribution in [0.1, 0.15) is 5.56 Å². The molecule has 0 aliphatic carbocycles. The summed E-state index contributed by atoms with van der Waals surface area (Å²) in [5.74, 6) is 0. The molecule has 64 valence electrons. The molecule has 1 aromatic heterocycles. The molecule has 0 saturated carbocycles. The smallest absolute Gasteiger partial charge is 0.332 e. The standard InChI is InChI=1S/C7H10N4O/c1-11-3-2-6(5-11)4-9-10-7(8)12/h2-5H,1H3,(H3,8,10,12). The molecule has 0 aliphatic heterocycles. The number of carbonyl (C=O) groups is 1. The zero-order chi connectivity index (χ0) is 8.97. The average Bonchev–Trinajstić information content (AvgIpc) is 2.35. The van der Waals surface area contributed by atoms with E-state index in [-0.39, 0.29) is 0 Å². The molecule has 0 bridgehead atoms. The van der Waals surface area contributed by atoms with Gasteiger partial charge in [-0.3, -0.25) is 0 Å². The van der Waals surface area contributed by atoms with Gasteiger partial charge in [0.05, 0.1) is 6.21 Å². The lowest BCUT2D eigenvalue weighted by molar-refractivity contribution is 0.249. The fraction of sp³-hybridized carbons (Fsp3) is 0.143. The number of aromatic nitrogens is 1. The van der Waals surface area contributed by atoms with E-state index < -0.39 is 6.03 Å². The van der Waals surface area contributed by atoms with Crippen molar-refractivity contribution in [3.63, 3.8) is 0 Å². The van der Waals surface area contributed by atoms with Gasteiger partial charge in [0.15, 0.2) is 0 Å². The molecule has 0 aromatic carbocycles. The maximum atomic E-state index is 10.2. The third-order valence-electron chi connectivity index (χ3n) is 1.24. The van der Waals surface area contributed by atoms with Crippen molar-refractivity contribution < 1.29 is 4.79 Å². The third kappa shape index (κ3) is 2.45. The quantitative estimate of drug-likeness (QED) is 0.472. The van der Waals surface area contributed by atoms with Gasteiger partial charge in [-0.2, -0.15) is 5.10 Å². The lowest BCUT2D eigenvalue weighted by Gasteiger charge is -1.88. The number of nitrogens with zero attached hydrogens (tertiary/aromatic N) is 2. The molecule has 3 N–H and O–H groups in total. The van der Waals surface area contributed by atoms with Crippen LogP contribution in [0.3, 0.4) is 0 Å². The fourth-order valence-electron chi connectivity index (χ4n) is 0.772. The number of primary amides is 1. The molecule has 2 amide bonds. The number of aryl methyl sites for hydroxylation is 1. The first-order valence-corrected chi connectivity index (χ1v) is 3.39. The minimum Gasteiger partial charge on any atom is -0.357 e. The largest absolute Gasteiger partial charge is 0.357 e. The first-order valence-electron chi connectivity index (χ1n) is 3.39. The number of nitrogens with one attached hydrogen (secondary N) is 1. The van der Waals surface area contributed by atoms with E-state index in [1.165, 1.54) is 6.21 Å². The van der Waals surface area contributed by atoms with E-state index in [1.807, 2.05) is 30.1 Å². The number of nitrogens with two attached hydrogens (primary N) is 1. The maximum absolute atomic E-state index is 10.2. The van der Waals surface area contributed by atoms with Crippen LogP contribution in [-0.4, -0.2) is 16.8 Å². The predicted octanol–water partition coefficient (Wildman–Crippen LogP) is 0.0273. The van der Waals surface area contributed by atoms with Gasteiger partial charge in [-0.1, -0.05) is 0 Å². The highest BCUT2D eigenvalue weighted by Crippen LogP contribution is 1.94. The number of amides is 2. The van der Waals surface area contributed by atoms with Crippen LogP contribution in [0.25, 0.3) is 0 Å². The highest BCUT2D eigenvalue weighted by Gasteiger charge is 1.89. The molecule has 0 spiro atoms. The summed E-state index contributed by atoms with van der Waals surface area (Å²) < 4.78 is 1.88. The SMILES string of the molecule is Cn1ccc(C=NNC(N)=O)c1. The number of hydrazone groups is 1. The van der Waals surface area contributed by atoms with E-state index >= 15 is 0 Å². The number of urea groups is 1. The number of hydrogen-bond donors (Lipinski definition) is 2. The molecule has 1 rings (SSSR count). The zero-order valence-corrected chi connectivity index (χ0v) is 6.69. The first kappa shape index (κ1) is 8.32. The second-order valence-electron chi connectivity index (χ2n) is 2.34. The molecule has 0 fully saturated rings. The Kier molecular flexibility index (Phi) is 2.47. The van der Waals surface area contributed by atoms with Crippen LogP contribution in [0.2, 0.25) is 0 Å². The second kappa shape index (κ2) is 3.56. The van der Waals surface area contributed by atoms with E-state index in [0.29, 0.717) is 0 Å². The van der Waals surface area contributed by atoms with Crippen molar-refractivity contribution in [3.05, 3.63) is 24.0 Å². The van der Waals surface area contributed by atoms with E-state index in [4.69, 9.17) is 5.73 Å². The zero-order valence-electron chi connectivity index (χ0n) is 6.69. The molecule has 0 atom stereocenters. The van der Waals surface area contributed by atoms with Gasteiger partial charge in [-0.25, -0.2) is 10.2 Å². The van der Waals surface area contributed by atoms with Crippen molar-refractivity contribution >= 4 is 12.2 Å². The highest BCUT2D eigenvalue weighted by molar-refractivity contribution is 5.81. The molecular formula is C7H10N4O. The number of hydrogen-bond acceptors (Lipinski definition) is 2. The lowest BCUT2D eigenvalue weighted by Crippen LogP contribution is -2.24. The van der Waals surface area contributed by atoms with Gasteiger partial charge in [-0.15, -0.1) is 0 Å². The summed E-state index contributed by atoms with van der Waals surface area (Å²) >= 11 is 0. The summed E-state index contributed by atoms with van der Waals surface area (Å²) in [7, 11) is 1.90. The molecule has 0 aliphatic rings. The van der Waals surface area contributed by atoms with Crippen LogP contribution in [0.4, 0.5) is 4.79 Å². The van der Waals surface area contributed by atoms with Crippen molar-refractivity contribution in [2.75, 3.05) is 0 Å². The van der Waals surface area contributed by atoms with E-state index in [9.17, 15) is 4.79 Å². The maximum Gasteiger partial charge on any atom is 0.332 e. The second-order valence-corrected chi connectivity index (χ2v) is 2.34. The lowest BCUT2D eigenvalue weighted by atomic mass is 10.4. The average molecular weight is 166 g/mol. The molecule has 12 heavy (non-hydrogen) atoms. The van der Waals surface area contributed by atoms with Crippen molar-refractivity contribution in [2.45, 2.75) is 0 Å². The molecule has 0 unspecified atom stereocenters. The Morgan fingerprint density at radius 3 is 3.08 bits per heavy atom. The van der Waals surface area contributed by atoms with Crippen LogP contribution >= 0.6 is 0 Å². The molecule has 5 nitrogen and oxygen atoms in total. The van der Waals surface area contributed by atoms with Gasteiger partial charge in [0.25, 0.3) is 0 Å². The Morgan fingerprint density at radius 1 is 1.83 bits per heavy atom. The predicted molar refractivity (Wildman–Crippen MR) is 45.7 cm³/mol. The molecular weight excluding hydrogens is 156 g/mol. The summed E-state index contributed by atoms with van der Waals surface area (Å²) in [5.41, 5.74) is 7.80. The number of rotatable bonds is 2. The Balaban J connectivity index is 2.52. The fourth-order valence-corrected chi connectivity index (χ4v) is 0.772. The Bertz CT molecular complexity index is 302. The molecule has 5 heteroatoms. The van der Waals surface area contributed by atoms with E-state index in [0.717, 1.165) is 5.56 Å². The Hall–Kier alpha value is -1.78. The van der Waals surface area contributed by atoms with Gasteiger partial charge >= 0.3 is 6.03 Å². The van der Waals surface area contributed by atoms with Crippen LogP contribution in [-0.2, 0) is 7.05 Å². The summed E-state index contributed by atoms with van der Waals surface area (Å²) in [6.07, 6.45) is 5.27. The topological polar surface area (TPSA) is 72.4 Å². The highest BCUT2D eigenvalue weighted by atomic mass is 16.2. The van der Waals surface area contributed by atoms with Gasteiger partial charge in [0, 0.05) is 25.0 Å². The van der Waals surface area contributed by atoms with Gasteiger partial charge < -0.3 is 10.3 Å². The number of carbonyl (C=O) groups excluding carboxylic acids is 1. The Morgan fingerprint density at radius 2 is 2.58 bits per heavy atom. The third-order valence-corrected chi connectivity index (χ3v) is 1.24. The van der Waals surface area contributed by atoms with E-state index in [1.54, 1.807) is 0 Å². The van der Waals surface area contributed by atoms with Crippen LogP contribution in [0.5, 0.6) is 0 Å². The molecule has 0 radical (unpaired) electrons. The van der Waals surface area contributed by atoms with Crippen LogP contribution in [0, 0.1) is 0 Å².